The summed E-state index contributed by atoms with van der Waals surface area (Å²) in [6, 6.07) is 0.854. The maximum atomic E-state index is 14.8. The second-order valence-corrected chi connectivity index (χ2v) is 22.9. The van der Waals surface area contributed by atoms with E-state index in [1.54, 1.807) is 0 Å². The Kier molecular flexibility index (Phi) is 12.3. The number of likely N-dealkylation sites (tertiary alicyclic amines) is 2. The van der Waals surface area contributed by atoms with E-state index in [9.17, 15) is 9.59 Å². The third-order valence-corrected chi connectivity index (χ3v) is 13.2. The molecular formula is C44H84N6O2. The summed E-state index contributed by atoms with van der Waals surface area (Å²) >= 11 is 0. The second kappa shape index (κ2) is 14.8. The molecule has 0 aromatic rings. The fourth-order valence-electron chi connectivity index (χ4n) is 12.0. The summed E-state index contributed by atoms with van der Waals surface area (Å²) in [5.74, 6) is 0. The van der Waals surface area contributed by atoms with E-state index in [-0.39, 0.29) is 68.5 Å². The van der Waals surface area contributed by atoms with Gasteiger partial charge < -0.3 is 30.2 Å². The lowest BCUT2D eigenvalue weighted by Gasteiger charge is -2.56. The lowest BCUT2D eigenvalue weighted by molar-refractivity contribution is -0.0186. The van der Waals surface area contributed by atoms with Crippen LogP contribution in [0.2, 0.25) is 0 Å². The Labute approximate surface area is 321 Å². The highest BCUT2D eigenvalue weighted by Gasteiger charge is 2.50. The highest BCUT2D eigenvalue weighted by atomic mass is 16.2. The van der Waals surface area contributed by atoms with Gasteiger partial charge in [-0.25, -0.2) is 9.59 Å². The van der Waals surface area contributed by atoms with Crippen LogP contribution in [-0.4, -0.2) is 101 Å². The zero-order chi connectivity index (χ0) is 39.3. The monoisotopic (exact) mass is 729 g/mol. The molecule has 4 aliphatic rings. The van der Waals surface area contributed by atoms with E-state index in [1.807, 2.05) is 0 Å². The molecule has 0 radical (unpaired) electrons. The van der Waals surface area contributed by atoms with E-state index in [1.165, 1.54) is 0 Å². The van der Waals surface area contributed by atoms with Crippen LogP contribution < -0.4 is 10.6 Å². The first-order valence-corrected chi connectivity index (χ1v) is 21.3. The lowest BCUT2D eigenvalue weighted by atomic mass is 9.78. The number of carbonyl (C=O) groups is 2. The quantitative estimate of drug-likeness (QED) is 0.232. The molecule has 4 aliphatic heterocycles. The standard InChI is InChI=1S/C44H84N6O2/c1-37(2)29-33(30-38(3,4)45-37)47(35(51)49-41(9,10)23-21-24-42(49,11)12)27-19-17-18-20-28-48(34-31-39(5,6)46-40(7,8)32-34)36(52)50-43(13,14)25-22-26-44(50,15)16/h33-34,45-46H,17-32H2,1-16H3. The number of carbonyl (C=O) groups excluding carboxylic acids is 2. The normalized spacial score (nSPS) is 27.5. The van der Waals surface area contributed by atoms with Gasteiger partial charge in [0.25, 0.3) is 0 Å². The third kappa shape index (κ3) is 10.2. The molecule has 4 amide bonds. The Morgan fingerprint density at radius 1 is 0.462 bits per heavy atom. The van der Waals surface area contributed by atoms with Gasteiger partial charge in [0, 0.05) is 69.5 Å². The van der Waals surface area contributed by atoms with Crippen LogP contribution in [0, 0.1) is 0 Å². The molecule has 0 aromatic heterocycles. The molecule has 8 nitrogen and oxygen atoms in total. The van der Waals surface area contributed by atoms with E-state index in [0.29, 0.717) is 0 Å². The SMILES string of the molecule is CC1(C)CC(N(CCCCCCN(C(=O)N2C(C)(C)CCCC2(C)C)C2CC(C)(C)NC(C)(C)C2)C(=O)N2C(C)(C)CCCC2(C)C)CC(C)(C)N1. The minimum atomic E-state index is -0.166. The molecule has 52 heavy (non-hydrogen) atoms. The molecule has 8 heteroatoms. The highest BCUT2D eigenvalue weighted by molar-refractivity contribution is 5.77. The molecule has 0 unspecified atom stereocenters. The fraction of sp³-hybridized carbons (Fsp3) is 0.955. The predicted molar refractivity (Wildman–Crippen MR) is 219 cm³/mol. The molecule has 4 heterocycles. The Hall–Kier alpha value is -1.54. The van der Waals surface area contributed by atoms with E-state index >= 15 is 0 Å². The van der Waals surface area contributed by atoms with E-state index in [0.717, 1.165) is 103 Å². The van der Waals surface area contributed by atoms with Crippen LogP contribution in [0.15, 0.2) is 0 Å². The molecule has 0 spiro atoms. The molecule has 4 rings (SSSR count). The van der Waals surface area contributed by atoms with Crippen molar-refractivity contribution in [2.24, 2.45) is 0 Å². The summed E-state index contributed by atoms with van der Waals surface area (Å²) in [4.78, 5) is 38.8. The van der Waals surface area contributed by atoms with Crippen molar-refractivity contribution in [2.75, 3.05) is 13.1 Å². The van der Waals surface area contributed by atoms with Crippen molar-refractivity contribution in [2.45, 2.75) is 257 Å². The van der Waals surface area contributed by atoms with Crippen molar-refractivity contribution in [3.8, 4) is 0 Å². The van der Waals surface area contributed by atoms with Crippen LogP contribution in [0.5, 0.6) is 0 Å². The topological polar surface area (TPSA) is 71.2 Å². The molecular weight excluding hydrogens is 645 g/mol. The molecule has 0 bridgehead atoms. The van der Waals surface area contributed by atoms with Crippen LogP contribution in [0.1, 0.15) is 201 Å². The number of unbranched alkanes of at least 4 members (excludes halogenated alkanes) is 3. The first-order chi connectivity index (χ1) is 23.5. The number of rotatable bonds is 9. The van der Waals surface area contributed by atoms with Crippen LogP contribution in [0.25, 0.3) is 0 Å². The second-order valence-electron chi connectivity index (χ2n) is 22.9. The van der Waals surface area contributed by atoms with Crippen molar-refractivity contribution >= 4 is 12.1 Å². The summed E-state index contributed by atoms with van der Waals surface area (Å²) in [6.07, 6.45) is 14.4. The van der Waals surface area contributed by atoms with Gasteiger partial charge in [0.05, 0.1) is 0 Å². The highest BCUT2D eigenvalue weighted by Crippen LogP contribution is 2.43. The number of urea groups is 2. The van der Waals surface area contributed by atoms with E-state index in [4.69, 9.17) is 0 Å². The first kappa shape index (κ1) is 43.2. The molecule has 302 valence electrons. The molecule has 0 saturated carbocycles. The molecule has 0 atom stereocenters. The summed E-state index contributed by atoms with van der Waals surface area (Å²) < 4.78 is 0. The van der Waals surface area contributed by atoms with Crippen LogP contribution >= 0.6 is 0 Å². The van der Waals surface area contributed by atoms with Gasteiger partial charge in [0.1, 0.15) is 0 Å². The Bertz CT molecular complexity index is 1100. The largest absolute Gasteiger partial charge is 0.322 e. The van der Waals surface area contributed by atoms with Crippen molar-refractivity contribution in [3.63, 3.8) is 0 Å². The predicted octanol–water partition coefficient (Wildman–Crippen LogP) is 10.1. The van der Waals surface area contributed by atoms with Gasteiger partial charge in [-0.15, -0.1) is 0 Å². The molecule has 4 saturated heterocycles. The van der Waals surface area contributed by atoms with Crippen molar-refractivity contribution in [1.29, 1.82) is 0 Å². The minimum absolute atomic E-state index is 0.0386. The maximum absolute atomic E-state index is 14.8. The summed E-state index contributed by atoms with van der Waals surface area (Å²) in [5, 5.41) is 7.70. The fourth-order valence-corrected chi connectivity index (χ4v) is 12.0. The summed E-state index contributed by atoms with van der Waals surface area (Å²) in [7, 11) is 0. The average molecular weight is 729 g/mol. The zero-order valence-electron chi connectivity index (χ0n) is 37.1. The number of piperidine rings is 4. The van der Waals surface area contributed by atoms with E-state index in [2.05, 4.69) is 141 Å². The lowest BCUT2D eigenvalue weighted by Crippen LogP contribution is -2.68. The minimum Gasteiger partial charge on any atom is -0.322 e. The van der Waals surface area contributed by atoms with Gasteiger partial charge in [-0.2, -0.15) is 0 Å². The van der Waals surface area contributed by atoms with Crippen molar-refractivity contribution in [1.82, 2.24) is 30.2 Å². The van der Waals surface area contributed by atoms with Gasteiger partial charge in [-0.3, -0.25) is 0 Å². The number of hydrogen-bond acceptors (Lipinski definition) is 4. The Morgan fingerprint density at radius 3 is 0.962 bits per heavy atom. The number of nitrogens with one attached hydrogen (secondary N) is 2. The summed E-state index contributed by atoms with van der Waals surface area (Å²) in [5.41, 5.74) is -0.820. The number of hydrogen-bond donors (Lipinski definition) is 2. The molecule has 4 fully saturated rings. The summed E-state index contributed by atoms with van der Waals surface area (Å²) in [6.45, 7) is 38.1. The van der Waals surface area contributed by atoms with Gasteiger partial charge in [-0.1, -0.05) is 12.8 Å². The van der Waals surface area contributed by atoms with Gasteiger partial charge in [0.2, 0.25) is 0 Å². The Morgan fingerprint density at radius 2 is 0.712 bits per heavy atom. The molecule has 0 aliphatic carbocycles. The third-order valence-electron chi connectivity index (χ3n) is 13.2. The van der Waals surface area contributed by atoms with Gasteiger partial charge >= 0.3 is 12.1 Å². The van der Waals surface area contributed by atoms with E-state index < -0.39 is 0 Å². The first-order valence-electron chi connectivity index (χ1n) is 21.3. The van der Waals surface area contributed by atoms with Crippen molar-refractivity contribution < 1.29 is 9.59 Å². The van der Waals surface area contributed by atoms with Crippen LogP contribution in [0.4, 0.5) is 9.59 Å². The maximum Gasteiger partial charge on any atom is 0.321 e. The van der Waals surface area contributed by atoms with Crippen molar-refractivity contribution in [3.05, 3.63) is 0 Å². The number of nitrogens with zero attached hydrogens (tertiary/aromatic N) is 4. The molecule has 0 aromatic carbocycles. The number of amides is 4. The van der Waals surface area contributed by atoms with Gasteiger partial charge in [0.15, 0.2) is 0 Å². The Balaban J connectivity index is 1.50. The van der Waals surface area contributed by atoms with Crippen LogP contribution in [0.3, 0.4) is 0 Å². The van der Waals surface area contributed by atoms with Gasteiger partial charge in [-0.05, 0) is 188 Å². The zero-order valence-corrected chi connectivity index (χ0v) is 37.1. The molecule has 2 N–H and O–H groups in total. The smallest absolute Gasteiger partial charge is 0.321 e. The van der Waals surface area contributed by atoms with Crippen LogP contribution in [-0.2, 0) is 0 Å². The average Bonchev–Trinajstić information content (AvgIpc) is 2.88.